The second-order valence-electron chi connectivity index (χ2n) is 7.42. The van der Waals surface area contributed by atoms with Gasteiger partial charge in [-0.2, -0.15) is 0 Å². The number of nitrogens with one attached hydrogen (secondary N) is 1. The highest BCUT2D eigenvalue weighted by Gasteiger charge is 2.36. The van der Waals surface area contributed by atoms with Gasteiger partial charge in [-0.1, -0.05) is 18.2 Å². The number of anilines is 1. The first-order valence-corrected chi connectivity index (χ1v) is 9.72. The average Bonchev–Trinajstić information content (AvgIpc) is 3.54. The number of halogens is 1. The van der Waals surface area contributed by atoms with E-state index in [0.717, 1.165) is 12.8 Å². The van der Waals surface area contributed by atoms with Crippen LogP contribution in [0.15, 0.2) is 48.5 Å². The Morgan fingerprint density at radius 3 is 2.43 bits per heavy atom. The van der Waals surface area contributed by atoms with Crippen LogP contribution in [0.5, 0.6) is 11.5 Å². The summed E-state index contributed by atoms with van der Waals surface area (Å²) in [6.07, 6.45) is 3.33. The SMILES string of the molecule is O=C(Nc1ccccc1Oc1cccc(F)c1)C1CCN(C(=O)C2CC2)CC1. The fourth-order valence-corrected chi connectivity index (χ4v) is 3.50. The number of hydrogen-bond acceptors (Lipinski definition) is 3. The Bertz CT molecular complexity index is 874. The second kappa shape index (κ2) is 8.00. The van der Waals surface area contributed by atoms with Crippen LogP contribution in [-0.2, 0) is 9.59 Å². The van der Waals surface area contributed by atoms with Gasteiger partial charge in [0.25, 0.3) is 0 Å². The largest absolute Gasteiger partial charge is 0.455 e. The Kier molecular flexibility index (Phi) is 5.28. The Hall–Kier alpha value is -2.89. The van der Waals surface area contributed by atoms with Crippen LogP contribution in [0.3, 0.4) is 0 Å². The normalized spacial score (nSPS) is 17.2. The van der Waals surface area contributed by atoms with Gasteiger partial charge in [-0.3, -0.25) is 9.59 Å². The fraction of sp³-hybridized carbons (Fsp3) is 0.364. The molecule has 28 heavy (non-hydrogen) atoms. The van der Waals surface area contributed by atoms with Crippen LogP contribution in [-0.4, -0.2) is 29.8 Å². The molecule has 6 heteroatoms. The van der Waals surface area contributed by atoms with E-state index in [4.69, 9.17) is 4.74 Å². The van der Waals surface area contributed by atoms with Gasteiger partial charge in [-0.15, -0.1) is 0 Å². The van der Waals surface area contributed by atoms with E-state index in [1.54, 1.807) is 30.3 Å². The molecule has 1 heterocycles. The van der Waals surface area contributed by atoms with Crippen molar-refractivity contribution in [3.63, 3.8) is 0 Å². The van der Waals surface area contributed by atoms with Crippen molar-refractivity contribution in [3.05, 3.63) is 54.3 Å². The molecule has 1 saturated heterocycles. The number of rotatable bonds is 5. The number of likely N-dealkylation sites (tertiary alicyclic amines) is 1. The molecule has 1 N–H and O–H groups in total. The molecule has 2 aliphatic rings. The summed E-state index contributed by atoms with van der Waals surface area (Å²) in [5.41, 5.74) is 0.549. The molecule has 1 aliphatic heterocycles. The molecule has 5 nitrogen and oxygen atoms in total. The van der Waals surface area contributed by atoms with E-state index in [2.05, 4.69) is 5.32 Å². The molecule has 2 fully saturated rings. The lowest BCUT2D eigenvalue weighted by atomic mass is 9.95. The van der Waals surface area contributed by atoms with E-state index < -0.39 is 0 Å². The van der Waals surface area contributed by atoms with Crippen molar-refractivity contribution in [1.82, 2.24) is 4.90 Å². The Balaban J connectivity index is 1.37. The first-order valence-electron chi connectivity index (χ1n) is 9.72. The topological polar surface area (TPSA) is 58.6 Å². The molecule has 0 aromatic heterocycles. The summed E-state index contributed by atoms with van der Waals surface area (Å²) in [5, 5.41) is 2.93. The number of benzene rings is 2. The third-order valence-corrected chi connectivity index (χ3v) is 5.27. The minimum absolute atomic E-state index is 0.0752. The average molecular weight is 382 g/mol. The minimum atomic E-state index is -0.383. The lowest BCUT2D eigenvalue weighted by Crippen LogP contribution is -2.42. The zero-order chi connectivity index (χ0) is 19.5. The van der Waals surface area contributed by atoms with E-state index >= 15 is 0 Å². The predicted molar refractivity (Wildman–Crippen MR) is 104 cm³/mol. The number of carbonyl (C=O) groups excluding carboxylic acids is 2. The molecule has 146 valence electrons. The summed E-state index contributed by atoms with van der Waals surface area (Å²) >= 11 is 0. The summed E-state index contributed by atoms with van der Waals surface area (Å²) in [6.45, 7) is 1.27. The Morgan fingerprint density at radius 2 is 1.71 bits per heavy atom. The summed E-state index contributed by atoms with van der Waals surface area (Å²) in [6, 6.07) is 13.0. The van der Waals surface area contributed by atoms with Crippen LogP contribution >= 0.6 is 0 Å². The molecule has 1 saturated carbocycles. The molecule has 1 aliphatic carbocycles. The third-order valence-electron chi connectivity index (χ3n) is 5.27. The lowest BCUT2D eigenvalue weighted by molar-refractivity contribution is -0.135. The number of ether oxygens (including phenoxy) is 1. The van der Waals surface area contributed by atoms with Gasteiger partial charge in [-0.05, 0) is 49.9 Å². The molecule has 0 radical (unpaired) electrons. The second-order valence-corrected chi connectivity index (χ2v) is 7.42. The highest BCUT2D eigenvalue weighted by molar-refractivity contribution is 5.94. The van der Waals surface area contributed by atoms with E-state index in [-0.39, 0.29) is 29.5 Å². The lowest BCUT2D eigenvalue weighted by Gasteiger charge is -2.31. The maximum absolute atomic E-state index is 13.4. The van der Waals surface area contributed by atoms with Crippen molar-refractivity contribution in [2.75, 3.05) is 18.4 Å². The van der Waals surface area contributed by atoms with Crippen molar-refractivity contribution >= 4 is 17.5 Å². The molecular formula is C22H23FN2O3. The molecule has 0 spiro atoms. The van der Waals surface area contributed by atoms with Gasteiger partial charge in [0.2, 0.25) is 11.8 Å². The number of piperidine rings is 1. The van der Waals surface area contributed by atoms with Crippen molar-refractivity contribution in [2.45, 2.75) is 25.7 Å². The summed E-state index contributed by atoms with van der Waals surface area (Å²) in [5.74, 6) is 0.701. The maximum atomic E-state index is 13.4. The van der Waals surface area contributed by atoms with Crippen LogP contribution in [0.4, 0.5) is 10.1 Å². The van der Waals surface area contributed by atoms with Crippen molar-refractivity contribution in [1.29, 1.82) is 0 Å². The summed E-state index contributed by atoms with van der Waals surface area (Å²) < 4.78 is 19.1. The summed E-state index contributed by atoms with van der Waals surface area (Å²) in [7, 11) is 0. The van der Waals surface area contributed by atoms with Crippen molar-refractivity contribution in [2.24, 2.45) is 11.8 Å². The number of hydrogen-bond donors (Lipinski definition) is 1. The molecule has 2 amide bonds. The number of amides is 2. The molecule has 0 unspecified atom stereocenters. The molecular weight excluding hydrogens is 359 g/mol. The van der Waals surface area contributed by atoms with E-state index in [0.29, 0.717) is 43.1 Å². The van der Waals surface area contributed by atoms with Gasteiger partial charge >= 0.3 is 0 Å². The molecule has 0 bridgehead atoms. The predicted octanol–water partition coefficient (Wildman–Crippen LogP) is 4.21. The zero-order valence-electron chi connectivity index (χ0n) is 15.6. The molecule has 2 aromatic rings. The highest BCUT2D eigenvalue weighted by Crippen LogP contribution is 2.33. The van der Waals surface area contributed by atoms with Gasteiger partial charge in [0, 0.05) is 31.0 Å². The number of nitrogens with zero attached hydrogens (tertiary/aromatic N) is 1. The minimum Gasteiger partial charge on any atom is -0.455 e. The standard InChI is InChI=1S/C22H23FN2O3/c23-17-4-3-5-18(14-17)28-20-7-2-1-6-19(20)24-21(26)15-10-12-25(13-11-15)22(27)16-8-9-16/h1-7,14-16H,8-13H2,(H,24,26). The van der Waals surface area contributed by atoms with Crippen LogP contribution < -0.4 is 10.1 Å². The first kappa shape index (κ1) is 18.5. The highest BCUT2D eigenvalue weighted by atomic mass is 19.1. The van der Waals surface area contributed by atoms with Crippen LogP contribution in [0.25, 0.3) is 0 Å². The number of para-hydroxylation sites is 2. The molecule has 0 atom stereocenters. The third kappa shape index (κ3) is 4.32. The van der Waals surface area contributed by atoms with Gasteiger partial charge in [0.1, 0.15) is 11.6 Å². The van der Waals surface area contributed by atoms with Crippen molar-refractivity contribution < 1.29 is 18.7 Å². The fourth-order valence-electron chi connectivity index (χ4n) is 3.50. The number of carbonyl (C=O) groups is 2. The van der Waals surface area contributed by atoms with E-state index in [9.17, 15) is 14.0 Å². The van der Waals surface area contributed by atoms with Crippen LogP contribution in [0.2, 0.25) is 0 Å². The Labute approximate surface area is 163 Å². The van der Waals surface area contributed by atoms with Gasteiger partial charge < -0.3 is 15.0 Å². The monoisotopic (exact) mass is 382 g/mol. The first-order chi connectivity index (χ1) is 13.6. The quantitative estimate of drug-likeness (QED) is 0.843. The van der Waals surface area contributed by atoms with Gasteiger partial charge in [-0.25, -0.2) is 4.39 Å². The smallest absolute Gasteiger partial charge is 0.227 e. The van der Waals surface area contributed by atoms with E-state index in [1.165, 1.54) is 12.1 Å². The van der Waals surface area contributed by atoms with E-state index in [1.807, 2.05) is 11.0 Å². The van der Waals surface area contributed by atoms with Crippen LogP contribution in [0.1, 0.15) is 25.7 Å². The Morgan fingerprint density at radius 1 is 0.964 bits per heavy atom. The molecule has 2 aromatic carbocycles. The maximum Gasteiger partial charge on any atom is 0.227 e. The zero-order valence-corrected chi connectivity index (χ0v) is 15.6. The molecule has 4 rings (SSSR count). The summed E-state index contributed by atoms with van der Waals surface area (Å²) in [4.78, 5) is 26.8. The van der Waals surface area contributed by atoms with Gasteiger partial charge in [0.15, 0.2) is 5.75 Å². The van der Waals surface area contributed by atoms with Gasteiger partial charge in [0.05, 0.1) is 5.69 Å². The van der Waals surface area contributed by atoms with Crippen molar-refractivity contribution in [3.8, 4) is 11.5 Å². The van der Waals surface area contributed by atoms with Crippen LogP contribution in [0, 0.1) is 17.7 Å².